The van der Waals surface area contributed by atoms with E-state index in [1.807, 2.05) is 0 Å². The molecule has 4 nitrogen and oxygen atoms in total. The van der Waals surface area contributed by atoms with Gasteiger partial charge < -0.3 is 10.4 Å². The fraction of sp³-hybridized carbons (Fsp3) is 0.214. The van der Waals surface area contributed by atoms with E-state index in [4.69, 9.17) is 0 Å². The molecule has 6 heteroatoms. The first-order valence-electron chi connectivity index (χ1n) is 6.21. The number of aromatic nitrogens is 1. The molecule has 0 spiro atoms. The number of benzene rings is 1. The monoisotopic (exact) mass is 278 g/mol. The maximum absolute atomic E-state index is 13.9. The second kappa shape index (κ2) is 4.72. The van der Waals surface area contributed by atoms with Crippen molar-refractivity contribution in [2.75, 3.05) is 6.54 Å². The van der Waals surface area contributed by atoms with Gasteiger partial charge in [0.25, 0.3) is 0 Å². The fourth-order valence-corrected chi connectivity index (χ4v) is 2.60. The Hall–Kier alpha value is -2.21. The van der Waals surface area contributed by atoms with E-state index in [-0.39, 0.29) is 11.3 Å². The Morgan fingerprint density at radius 2 is 2.00 bits per heavy atom. The molecule has 0 aliphatic carbocycles. The molecule has 2 aromatic rings. The lowest BCUT2D eigenvalue weighted by atomic mass is 10.1. The Morgan fingerprint density at radius 3 is 2.65 bits per heavy atom. The van der Waals surface area contributed by atoms with Crippen molar-refractivity contribution in [2.45, 2.75) is 13.0 Å². The normalized spacial score (nSPS) is 14.1. The van der Waals surface area contributed by atoms with Gasteiger partial charge in [-0.1, -0.05) is 6.07 Å². The van der Waals surface area contributed by atoms with Gasteiger partial charge in [0.15, 0.2) is 0 Å². The lowest BCUT2D eigenvalue weighted by Crippen LogP contribution is -2.26. The standard InChI is InChI=1S/C14H12F2N2O2/c15-9-2-1-3-10(16)13(9)12-6-8-7-17-5-4-11(8)18(12)14(19)20/h1-3,6,17H,4-5,7H2,(H,19,20). The van der Waals surface area contributed by atoms with Gasteiger partial charge in [-0.2, -0.15) is 0 Å². The molecule has 3 rings (SSSR count). The Bertz CT molecular complexity index is 674. The maximum atomic E-state index is 13.9. The van der Waals surface area contributed by atoms with Gasteiger partial charge in [0, 0.05) is 25.2 Å². The molecule has 0 radical (unpaired) electrons. The molecule has 1 aliphatic rings. The minimum atomic E-state index is -1.23. The summed E-state index contributed by atoms with van der Waals surface area (Å²) in [6.45, 7) is 1.14. The third-order valence-corrected chi connectivity index (χ3v) is 3.46. The number of rotatable bonds is 1. The molecule has 2 heterocycles. The van der Waals surface area contributed by atoms with Crippen LogP contribution in [0.4, 0.5) is 13.6 Å². The Labute approximate surface area is 113 Å². The lowest BCUT2D eigenvalue weighted by Gasteiger charge is -2.15. The van der Waals surface area contributed by atoms with Gasteiger partial charge in [-0.3, -0.25) is 0 Å². The average Bonchev–Trinajstić information content (AvgIpc) is 2.77. The van der Waals surface area contributed by atoms with Crippen molar-refractivity contribution in [2.24, 2.45) is 0 Å². The molecule has 1 aromatic heterocycles. The largest absolute Gasteiger partial charge is 0.464 e. The first-order valence-corrected chi connectivity index (χ1v) is 6.21. The molecule has 0 saturated heterocycles. The summed E-state index contributed by atoms with van der Waals surface area (Å²) >= 11 is 0. The second-order valence-electron chi connectivity index (χ2n) is 4.64. The number of carbonyl (C=O) groups is 1. The van der Waals surface area contributed by atoms with Crippen LogP contribution in [0.5, 0.6) is 0 Å². The van der Waals surface area contributed by atoms with Crippen LogP contribution >= 0.6 is 0 Å². The zero-order chi connectivity index (χ0) is 14.3. The van der Waals surface area contributed by atoms with Gasteiger partial charge >= 0.3 is 6.09 Å². The van der Waals surface area contributed by atoms with E-state index in [9.17, 15) is 18.7 Å². The Kier molecular flexibility index (Phi) is 3.02. The number of nitrogens with zero attached hydrogens (tertiary/aromatic N) is 1. The van der Waals surface area contributed by atoms with Gasteiger partial charge in [0.2, 0.25) is 0 Å². The molecule has 1 aliphatic heterocycles. The minimum Gasteiger partial charge on any atom is -0.464 e. The van der Waals surface area contributed by atoms with Crippen LogP contribution in [-0.4, -0.2) is 22.3 Å². The average molecular weight is 278 g/mol. The predicted molar refractivity (Wildman–Crippen MR) is 68.6 cm³/mol. The van der Waals surface area contributed by atoms with E-state index in [2.05, 4.69) is 5.32 Å². The van der Waals surface area contributed by atoms with Crippen LogP contribution < -0.4 is 5.32 Å². The fourth-order valence-electron chi connectivity index (χ4n) is 2.60. The number of hydrogen-bond acceptors (Lipinski definition) is 2. The molecule has 0 bridgehead atoms. The molecule has 0 amide bonds. The highest BCUT2D eigenvalue weighted by Gasteiger charge is 2.25. The van der Waals surface area contributed by atoms with E-state index in [0.717, 1.165) is 22.3 Å². The minimum absolute atomic E-state index is 0.0433. The van der Waals surface area contributed by atoms with E-state index < -0.39 is 17.7 Å². The van der Waals surface area contributed by atoms with Gasteiger partial charge in [0.05, 0.1) is 11.3 Å². The number of nitrogens with one attached hydrogen (secondary N) is 1. The van der Waals surface area contributed by atoms with E-state index in [0.29, 0.717) is 25.2 Å². The van der Waals surface area contributed by atoms with Crippen LogP contribution in [0.1, 0.15) is 11.3 Å². The van der Waals surface area contributed by atoms with Crippen LogP contribution in [0.15, 0.2) is 24.3 Å². The Morgan fingerprint density at radius 1 is 1.30 bits per heavy atom. The van der Waals surface area contributed by atoms with Crippen LogP contribution in [0.3, 0.4) is 0 Å². The van der Waals surface area contributed by atoms with Gasteiger partial charge in [-0.05, 0) is 23.8 Å². The topological polar surface area (TPSA) is 54.3 Å². The summed E-state index contributed by atoms with van der Waals surface area (Å²) in [5.41, 5.74) is 1.09. The molecule has 0 saturated carbocycles. The summed E-state index contributed by atoms with van der Waals surface area (Å²) in [6.07, 6.45) is -0.719. The first kappa shape index (κ1) is 12.8. The van der Waals surface area contributed by atoms with Crippen LogP contribution in [-0.2, 0) is 13.0 Å². The third kappa shape index (κ3) is 1.89. The number of carboxylic acid groups (broad SMARTS) is 1. The van der Waals surface area contributed by atoms with Gasteiger partial charge in [-0.15, -0.1) is 0 Å². The molecule has 0 fully saturated rings. The zero-order valence-corrected chi connectivity index (χ0v) is 10.5. The molecular weight excluding hydrogens is 266 g/mol. The maximum Gasteiger partial charge on any atom is 0.416 e. The summed E-state index contributed by atoms with van der Waals surface area (Å²) in [4.78, 5) is 11.4. The number of halogens is 2. The summed E-state index contributed by atoms with van der Waals surface area (Å²) in [6, 6.07) is 5.03. The van der Waals surface area contributed by atoms with E-state index in [1.54, 1.807) is 0 Å². The van der Waals surface area contributed by atoms with Crippen LogP contribution in [0.2, 0.25) is 0 Å². The van der Waals surface area contributed by atoms with E-state index in [1.165, 1.54) is 12.1 Å². The molecule has 0 atom stereocenters. The van der Waals surface area contributed by atoms with Crippen molar-refractivity contribution < 1.29 is 18.7 Å². The van der Waals surface area contributed by atoms with Gasteiger partial charge in [-0.25, -0.2) is 18.1 Å². The van der Waals surface area contributed by atoms with E-state index >= 15 is 0 Å². The summed E-state index contributed by atoms with van der Waals surface area (Å²) in [5, 5.41) is 12.5. The molecule has 1 aromatic carbocycles. The summed E-state index contributed by atoms with van der Waals surface area (Å²) in [5.74, 6) is -1.54. The molecule has 104 valence electrons. The van der Waals surface area contributed by atoms with Crippen LogP contribution in [0.25, 0.3) is 11.3 Å². The summed E-state index contributed by atoms with van der Waals surface area (Å²) in [7, 11) is 0. The second-order valence-corrected chi connectivity index (χ2v) is 4.64. The SMILES string of the molecule is O=C(O)n1c(-c2c(F)cccc2F)cc2c1CCNC2. The van der Waals surface area contributed by atoms with Crippen LogP contribution in [0, 0.1) is 11.6 Å². The first-order chi connectivity index (χ1) is 9.59. The van der Waals surface area contributed by atoms with Crippen molar-refractivity contribution in [3.05, 3.63) is 47.2 Å². The number of fused-ring (bicyclic) bond motifs is 1. The smallest absolute Gasteiger partial charge is 0.416 e. The predicted octanol–water partition coefficient (Wildman–Crippen LogP) is 2.61. The lowest BCUT2D eigenvalue weighted by molar-refractivity contribution is 0.196. The van der Waals surface area contributed by atoms with Crippen molar-refractivity contribution in [3.63, 3.8) is 0 Å². The highest BCUT2D eigenvalue weighted by Crippen LogP contribution is 2.31. The third-order valence-electron chi connectivity index (χ3n) is 3.46. The molecule has 0 unspecified atom stereocenters. The molecule has 2 N–H and O–H groups in total. The van der Waals surface area contributed by atoms with Gasteiger partial charge in [0.1, 0.15) is 11.6 Å². The van der Waals surface area contributed by atoms with Crippen molar-refractivity contribution in [1.29, 1.82) is 0 Å². The Balaban J connectivity index is 2.29. The summed E-state index contributed by atoms with van der Waals surface area (Å²) < 4.78 is 28.7. The van der Waals surface area contributed by atoms with Crippen molar-refractivity contribution in [3.8, 4) is 11.3 Å². The molecule has 20 heavy (non-hydrogen) atoms. The quantitative estimate of drug-likeness (QED) is 0.843. The van der Waals surface area contributed by atoms with Crippen molar-refractivity contribution >= 4 is 6.09 Å². The van der Waals surface area contributed by atoms with Crippen molar-refractivity contribution in [1.82, 2.24) is 9.88 Å². The highest BCUT2D eigenvalue weighted by atomic mass is 19.1. The molecular formula is C14H12F2N2O2. The number of hydrogen-bond donors (Lipinski definition) is 2. The highest BCUT2D eigenvalue weighted by molar-refractivity contribution is 5.79. The zero-order valence-electron chi connectivity index (χ0n) is 10.5.